The number of benzene rings is 4. The van der Waals surface area contributed by atoms with E-state index in [4.69, 9.17) is 9.47 Å². The average Bonchev–Trinajstić information content (AvgIpc) is 2.41. The molecule has 0 aliphatic carbocycles. The summed E-state index contributed by atoms with van der Waals surface area (Å²) in [6, 6.07) is 29.0. The van der Waals surface area contributed by atoms with E-state index < -0.39 is 18.0 Å². The molecule has 8 aliphatic heterocycles. The van der Waals surface area contributed by atoms with E-state index in [1.165, 1.54) is 60.8 Å². The number of nitrogens with one attached hydrogen (secondary N) is 3. The number of amides is 6. The second kappa shape index (κ2) is 31.2. The zero-order valence-corrected chi connectivity index (χ0v) is 50.5. The molecule has 6 saturated heterocycles. The number of nitrogens with zero attached hydrogens (tertiary/aromatic N) is 5. The van der Waals surface area contributed by atoms with Crippen LogP contribution in [0, 0.1) is 0 Å². The summed E-state index contributed by atoms with van der Waals surface area (Å²) < 4.78 is 35.9. The Kier molecular flexibility index (Phi) is 23.3. The maximum Gasteiger partial charge on any atom is 0.255 e. The van der Waals surface area contributed by atoms with Gasteiger partial charge >= 0.3 is 0 Å². The van der Waals surface area contributed by atoms with Crippen LogP contribution in [-0.2, 0) is 45.4 Å². The first-order chi connectivity index (χ1) is 41.4. The molecule has 4 aromatic rings. The van der Waals surface area contributed by atoms with Crippen molar-refractivity contribution in [1.82, 2.24) is 40.4 Å². The van der Waals surface area contributed by atoms with Crippen LogP contribution in [0.25, 0.3) is 0 Å². The lowest BCUT2D eigenvalue weighted by Gasteiger charge is -2.35. The fourth-order valence-corrected chi connectivity index (χ4v) is 13.6. The summed E-state index contributed by atoms with van der Waals surface area (Å²) in [6.07, 6.45) is 12.8. The highest BCUT2D eigenvalue weighted by Gasteiger charge is 2.41. The molecule has 0 bridgehead atoms. The normalized spacial score (nSPS) is 23.2. The molecule has 4 atom stereocenters. The molecule has 464 valence electrons. The number of hydrogen-bond acceptors (Lipinski definition) is 12. The Morgan fingerprint density at radius 2 is 0.965 bits per heavy atom. The number of carbonyl (C=O) groups excluding carboxylic acids is 6. The molecule has 19 heteroatoms. The van der Waals surface area contributed by atoms with Gasteiger partial charge in [-0.2, -0.15) is 0 Å². The van der Waals surface area contributed by atoms with Crippen LogP contribution in [0.5, 0.6) is 11.5 Å². The molecular formula is C67H87BrF2N8O8. The van der Waals surface area contributed by atoms with Crippen molar-refractivity contribution in [1.29, 1.82) is 0 Å². The molecule has 0 saturated carbocycles. The van der Waals surface area contributed by atoms with Crippen LogP contribution in [-0.4, -0.2) is 162 Å². The van der Waals surface area contributed by atoms with Gasteiger partial charge in [0.2, 0.25) is 23.6 Å². The van der Waals surface area contributed by atoms with Gasteiger partial charge in [-0.05, 0) is 185 Å². The van der Waals surface area contributed by atoms with Gasteiger partial charge in [0.15, 0.2) is 0 Å². The molecule has 8 heterocycles. The molecule has 2 unspecified atom stereocenters. The highest BCUT2D eigenvalue weighted by Crippen LogP contribution is 2.34. The van der Waals surface area contributed by atoms with Gasteiger partial charge in [-0.25, -0.2) is 4.39 Å². The van der Waals surface area contributed by atoms with E-state index in [1.54, 1.807) is 21.9 Å². The third-order valence-corrected chi connectivity index (χ3v) is 18.7. The molecule has 8 aliphatic rings. The second-order valence-corrected chi connectivity index (χ2v) is 24.8. The number of alkyl halides is 3. The Balaban J connectivity index is 0.000000192. The molecule has 6 amide bonds. The lowest BCUT2D eigenvalue weighted by atomic mass is 9.89. The van der Waals surface area contributed by atoms with Crippen LogP contribution < -0.4 is 25.4 Å². The molecule has 16 nitrogen and oxygen atoms in total. The summed E-state index contributed by atoms with van der Waals surface area (Å²) >= 11 is 2.87. The smallest absolute Gasteiger partial charge is 0.255 e. The SMILES string of the molecule is C.FCCBr.O=C1CCC(N2Cc3cc(OC[C@H]4CCCCN4Cc4ccc(C5CCN(CCF)CC5)cc4)ccc3C2=O)C(=O)N1.O=C1CCC(N2Cc3cc(OC[C@H]4CCCCN4Cc4ccc(C5CCNCC5)cc4)ccc3C2=O)C(=O)N1. The minimum Gasteiger partial charge on any atom is -0.492 e. The number of carbonyl (C=O) groups is 6. The molecule has 4 aromatic carbocycles. The molecule has 6 fully saturated rings. The lowest BCUT2D eigenvalue weighted by molar-refractivity contribution is -0.138. The monoisotopic (exact) mass is 1250 g/mol. The number of piperidine rings is 6. The number of ether oxygens (including phenoxy) is 2. The number of halogens is 3. The quantitative estimate of drug-likeness (QED) is 0.0677. The van der Waals surface area contributed by atoms with E-state index in [2.05, 4.69) is 95.1 Å². The minimum absolute atomic E-state index is 0. The lowest BCUT2D eigenvalue weighted by Crippen LogP contribution is -2.52. The number of hydrogen-bond donors (Lipinski definition) is 3. The zero-order chi connectivity index (χ0) is 59.2. The molecule has 86 heavy (non-hydrogen) atoms. The van der Waals surface area contributed by atoms with Crippen molar-refractivity contribution in [2.24, 2.45) is 0 Å². The number of fused-ring (bicyclic) bond motifs is 2. The summed E-state index contributed by atoms with van der Waals surface area (Å²) in [5, 5.41) is 8.63. The van der Waals surface area contributed by atoms with Crippen molar-refractivity contribution in [3.05, 3.63) is 129 Å². The van der Waals surface area contributed by atoms with E-state index in [-0.39, 0.29) is 63.2 Å². The fourth-order valence-electron chi connectivity index (χ4n) is 13.6. The topological polar surface area (TPSA) is 173 Å². The summed E-state index contributed by atoms with van der Waals surface area (Å²) in [7, 11) is 0. The summed E-state index contributed by atoms with van der Waals surface area (Å²) in [4.78, 5) is 84.2. The van der Waals surface area contributed by atoms with Crippen molar-refractivity contribution < 1.29 is 47.0 Å². The van der Waals surface area contributed by atoms with Crippen molar-refractivity contribution in [3.63, 3.8) is 0 Å². The van der Waals surface area contributed by atoms with E-state index in [1.807, 2.05) is 24.3 Å². The fraction of sp³-hybridized carbons (Fsp3) is 0.552. The van der Waals surface area contributed by atoms with Crippen molar-refractivity contribution in [2.75, 3.05) is 77.7 Å². The van der Waals surface area contributed by atoms with Crippen LogP contribution in [0.2, 0.25) is 0 Å². The van der Waals surface area contributed by atoms with E-state index in [0.717, 1.165) is 101 Å². The van der Waals surface area contributed by atoms with Crippen LogP contribution in [0.15, 0.2) is 84.9 Å². The highest BCUT2D eigenvalue weighted by molar-refractivity contribution is 9.09. The van der Waals surface area contributed by atoms with Gasteiger partial charge < -0.3 is 29.5 Å². The van der Waals surface area contributed by atoms with Gasteiger partial charge in [-0.15, -0.1) is 0 Å². The zero-order valence-electron chi connectivity index (χ0n) is 48.9. The van der Waals surface area contributed by atoms with Crippen LogP contribution >= 0.6 is 15.9 Å². The third-order valence-electron chi connectivity index (χ3n) is 18.4. The third kappa shape index (κ3) is 16.3. The van der Waals surface area contributed by atoms with Crippen LogP contribution in [0.4, 0.5) is 8.78 Å². The summed E-state index contributed by atoms with van der Waals surface area (Å²) in [5.41, 5.74) is 8.45. The molecule has 12 rings (SSSR count). The Bertz CT molecular complexity index is 2960. The first kappa shape index (κ1) is 64.4. The predicted molar refractivity (Wildman–Crippen MR) is 331 cm³/mol. The molecular weight excluding hydrogens is 1160 g/mol. The Morgan fingerprint density at radius 1 is 0.523 bits per heavy atom. The van der Waals surface area contributed by atoms with E-state index in [0.29, 0.717) is 86.1 Å². The largest absolute Gasteiger partial charge is 0.492 e. The van der Waals surface area contributed by atoms with Gasteiger partial charge in [0.25, 0.3) is 11.8 Å². The van der Waals surface area contributed by atoms with Crippen molar-refractivity contribution in [2.45, 2.75) is 160 Å². The average molecular weight is 1250 g/mol. The second-order valence-electron chi connectivity index (χ2n) is 24.0. The van der Waals surface area contributed by atoms with Crippen LogP contribution in [0.1, 0.15) is 163 Å². The van der Waals surface area contributed by atoms with Gasteiger partial charge in [-0.3, -0.25) is 53.6 Å². The first-order valence-corrected chi connectivity index (χ1v) is 32.1. The number of imide groups is 2. The van der Waals surface area contributed by atoms with Crippen molar-refractivity contribution in [3.8, 4) is 11.5 Å². The standard InChI is InChI=1S/C33H41FN4O4.C31H38N4O4.C2H4BrF.CH4/c34-14-18-36-16-12-25(13-17-36)24-6-4-23(5-7-24)20-37-15-2-1-3-27(37)22-42-28-8-9-29-26(19-28)21-38(33(29)41)30-10-11-31(39)35-32(30)40;36-29-11-10-28(30(37)33-29)35-19-24-17-26(8-9-27(24)31(35)38)39-20-25-3-1-2-16-34(25)18-21-4-6-22(7-5-21)23-12-14-32-15-13-23;3-1-2-4;/h4-9,19,25,27,30H,1-3,10-18,20-22H2,(H,35,39,40);4-9,17,23,25,28,32H,1-3,10-16,18-20H2,(H,33,36,37);1-2H2;1H4/t27-,30?;25-,28?;;/m11../s1. The maximum atomic E-state index is 13.0. The first-order valence-electron chi connectivity index (χ1n) is 31.0. The highest BCUT2D eigenvalue weighted by atomic mass is 79.9. The Labute approximate surface area is 514 Å². The summed E-state index contributed by atoms with van der Waals surface area (Å²) in [5.74, 6) is 1.06. The van der Waals surface area contributed by atoms with Gasteiger partial charge in [0.05, 0.1) is 6.67 Å². The van der Waals surface area contributed by atoms with E-state index >= 15 is 0 Å². The van der Waals surface area contributed by atoms with Gasteiger partial charge in [0.1, 0.15) is 43.5 Å². The minimum atomic E-state index is -0.614. The number of likely N-dealkylation sites (tertiary alicyclic amines) is 3. The van der Waals surface area contributed by atoms with Crippen molar-refractivity contribution >= 4 is 51.4 Å². The Morgan fingerprint density at radius 3 is 1.38 bits per heavy atom. The maximum absolute atomic E-state index is 13.0. The molecule has 0 radical (unpaired) electrons. The van der Waals surface area contributed by atoms with Crippen LogP contribution in [0.3, 0.4) is 0 Å². The Hall–Kier alpha value is -6.12. The molecule has 0 aromatic heterocycles. The predicted octanol–water partition coefficient (Wildman–Crippen LogP) is 9.37. The molecule has 0 spiro atoms. The van der Waals surface area contributed by atoms with Gasteiger partial charge in [-0.1, -0.05) is 84.7 Å². The summed E-state index contributed by atoms with van der Waals surface area (Å²) in [6.45, 7) is 10.0. The number of rotatable bonds is 17. The van der Waals surface area contributed by atoms with Gasteiger partial charge in [0, 0.05) is 74.1 Å². The molecule has 3 N–H and O–H groups in total. The van der Waals surface area contributed by atoms with E-state index in [9.17, 15) is 37.5 Å².